The Morgan fingerprint density at radius 1 is 1.20 bits per heavy atom. The van der Waals surface area contributed by atoms with Crippen LogP contribution >= 0.6 is 39.7 Å². The number of nitrogens with one attached hydrogen (secondary N) is 1. The van der Waals surface area contributed by atoms with Crippen molar-refractivity contribution in [1.29, 1.82) is 0 Å². The van der Waals surface area contributed by atoms with Crippen LogP contribution < -0.4 is 0 Å². The highest BCUT2D eigenvalue weighted by molar-refractivity contribution is 9.10. The lowest BCUT2D eigenvalue weighted by Crippen LogP contribution is -1.96. The largest absolute Gasteiger partial charge is 0.330 e. The smallest absolute Gasteiger partial charge is 0.182 e. The monoisotopic (exact) mass is 374 g/mol. The quantitative estimate of drug-likeness (QED) is 0.566. The fourth-order valence-electron chi connectivity index (χ4n) is 2.00. The zero-order chi connectivity index (χ0) is 14.4. The molecule has 1 aromatic heterocycles. The minimum absolute atomic E-state index is 0.0206. The first-order valence-corrected chi connectivity index (χ1v) is 7.10. The van der Waals surface area contributed by atoms with E-state index in [9.17, 15) is 8.78 Å². The van der Waals surface area contributed by atoms with Crippen molar-refractivity contribution < 1.29 is 8.78 Å². The number of benzene rings is 2. The van der Waals surface area contributed by atoms with Crippen LogP contribution in [0.2, 0.25) is 5.02 Å². The molecule has 0 saturated heterocycles. The van der Waals surface area contributed by atoms with E-state index in [0.717, 1.165) is 0 Å². The Morgan fingerprint density at radius 3 is 2.70 bits per heavy atom. The van der Waals surface area contributed by atoms with Crippen LogP contribution in [0.5, 0.6) is 0 Å². The van der Waals surface area contributed by atoms with Crippen molar-refractivity contribution >= 4 is 50.8 Å². The normalized spacial score (nSPS) is 11.2. The molecule has 20 heavy (non-hydrogen) atoms. The molecule has 0 aliphatic heterocycles. The van der Waals surface area contributed by atoms with Crippen molar-refractivity contribution in [2.45, 2.75) is 0 Å². The van der Waals surface area contributed by atoms with Gasteiger partial charge >= 0.3 is 0 Å². The average Bonchev–Trinajstić information content (AvgIpc) is 2.69. The summed E-state index contributed by atoms with van der Waals surface area (Å²) in [5.41, 5.74) is 1.59. The highest BCUT2D eigenvalue weighted by atomic mass is 79.9. The molecule has 3 rings (SSSR count). The maximum absolute atomic E-state index is 13.5. The lowest BCUT2D eigenvalue weighted by molar-refractivity contribution is 0.626. The van der Waals surface area contributed by atoms with Crippen LogP contribution in [0, 0.1) is 16.4 Å². The van der Waals surface area contributed by atoms with Crippen LogP contribution in [0.3, 0.4) is 0 Å². The summed E-state index contributed by atoms with van der Waals surface area (Å²) < 4.78 is 29.5. The summed E-state index contributed by atoms with van der Waals surface area (Å²) in [6, 6.07) is 6.96. The third kappa shape index (κ3) is 2.17. The summed E-state index contributed by atoms with van der Waals surface area (Å²) >= 11 is 14.4. The van der Waals surface area contributed by atoms with Crippen molar-refractivity contribution in [2.24, 2.45) is 0 Å². The van der Waals surface area contributed by atoms with Crippen molar-refractivity contribution in [3.63, 3.8) is 0 Å². The summed E-state index contributed by atoms with van der Waals surface area (Å²) in [4.78, 5) is 2.88. The van der Waals surface area contributed by atoms with Crippen LogP contribution in [0.1, 0.15) is 0 Å². The Balaban J connectivity index is 2.42. The molecule has 0 atom stereocenters. The van der Waals surface area contributed by atoms with Gasteiger partial charge in [0.2, 0.25) is 0 Å². The van der Waals surface area contributed by atoms with Crippen molar-refractivity contribution in [3.8, 4) is 5.69 Å². The average molecular weight is 376 g/mol. The molecule has 0 unspecified atom stereocenters. The number of aromatic amines is 1. The topological polar surface area (TPSA) is 20.7 Å². The van der Waals surface area contributed by atoms with E-state index in [4.69, 9.17) is 23.8 Å². The molecule has 1 heterocycles. The Bertz CT molecular complexity index is 888. The van der Waals surface area contributed by atoms with Crippen LogP contribution in [0.4, 0.5) is 8.78 Å². The fraction of sp³-hybridized carbons (Fsp3) is 0. The van der Waals surface area contributed by atoms with Crippen LogP contribution in [-0.2, 0) is 0 Å². The maximum Gasteiger partial charge on any atom is 0.182 e. The fourth-order valence-corrected chi connectivity index (χ4v) is 2.89. The van der Waals surface area contributed by atoms with Gasteiger partial charge in [0.15, 0.2) is 4.77 Å². The number of nitrogens with zero attached hydrogens (tertiary/aromatic N) is 1. The van der Waals surface area contributed by atoms with Crippen LogP contribution in [-0.4, -0.2) is 9.55 Å². The van der Waals surface area contributed by atoms with Crippen molar-refractivity contribution in [3.05, 3.63) is 56.2 Å². The molecule has 7 heteroatoms. The van der Waals surface area contributed by atoms with Gasteiger partial charge < -0.3 is 4.98 Å². The number of rotatable bonds is 1. The first kappa shape index (κ1) is 13.7. The van der Waals surface area contributed by atoms with Gasteiger partial charge in [-0.1, -0.05) is 11.6 Å². The number of hydrogen-bond donors (Lipinski definition) is 1. The Kier molecular flexibility index (Phi) is 3.40. The molecule has 0 saturated carbocycles. The number of hydrogen-bond acceptors (Lipinski definition) is 1. The van der Waals surface area contributed by atoms with Gasteiger partial charge in [0, 0.05) is 10.5 Å². The van der Waals surface area contributed by atoms with Gasteiger partial charge in [-0.3, -0.25) is 4.57 Å². The summed E-state index contributed by atoms with van der Waals surface area (Å²) in [6.45, 7) is 0. The van der Waals surface area contributed by atoms with Crippen molar-refractivity contribution in [2.75, 3.05) is 0 Å². The van der Waals surface area contributed by atoms with Gasteiger partial charge in [-0.2, -0.15) is 0 Å². The zero-order valence-corrected chi connectivity index (χ0v) is 12.9. The van der Waals surface area contributed by atoms with E-state index >= 15 is 0 Å². The lowest BCUT2D eigenvalue weighted by Gasteiger charge is -2.07. The summed E-state index contributed by atoms with van der Waals surface area (Å²) in [6.07, 6.45) is 0. The summed E-state index contributed by atoms with van der Waals surface area (Å²) in [5.74, 6) is -0.937. The van der Waals surface area contributed by atoms with E-state index in [-0.39, 0.29) is 5.02 Å². The molecule has 2 nitrogen and oxygen atoms in total. The van der Waals surface area contributed by atoms with Crippen LogP contribution in [0.25, 0.3) is 16.7 Å². The van der Waals surface area contributed by atoms with Crippen LogP contribution in [0.15, 0.2) is 34.8 Å². The third-order valence-electron chi connectivity index (χ3n) is 2.87. The Morgan fingerprint density at radius 2 is 1.95 bits per heavy atom. The molecule has 3 aromatic rings. The minimum atomic E-state index is -0.541. The molecule has 0 aliphatic carbocycles. The predicted octanol–water partition coefficient (Wildman–Crippen LogP) is 5.38. The van der Waals surface area contributed by atoms with E-state index in [1.54, 1.807) is 10.6 Å². The van der Waals surface area contributed by atoms with E-state index in [1.165, 1.54) is 24.3 Å². The second-order valence-corrected chi connectivity index (χ2v) is 5.79. The summed E-state index contributed by atoms with van der Waals surface area (Å²) in [7, 11) is 0. The number of aromatic nitrogens is 2. The molecule has 0 aliphatic rings. The Hall–Kier alpha value is -1.24. The van der Waals surface area contributed by atoms with E-state index < -0.39 is 11.6 Å². The lowest BCUT2D eigenvalue weighted by atomic mass is 10.2. The highest BCUT2D eigenvalue weighted by Crippen LogP contribution is 2.29. The molecule has 0 fully saturated rings. The SMILES string of the molecule is Fc1ccc(Br)c(-n2c(=S)[nH]c3cc(F)c(Cl)cc32)c1. The standard InChI is InChI=1S/C13H6BrClF2N2S/c14-7-2-1-6(16)3-11(7)19-12-4-8(15)9(17)5-10(12)18-13(19)20/h1-5H,(H,18,20). The number of imidazole rings is 1. The van der Waals surface area contributed by atoms with E-state index in [2.05, 4.69) is 20.9 Å². The Labute approximate surface area is 131 Å². The molecule has 0 bridgehead atoms. The van der Waals surface area contributed by atoms with Crippen molar-refractivity contribution in [1.82, 2.24) is 9.55 Å². The van der Waals surface area contributed by atoms with Gasteiger partial charge in [-0.15, -0.1) is 0 Å². The molecule has 0 amide bonds. The molecular formula is C13H6BrClF2N2S. The van der Waals surface area contributed by atoms with Gasteiger partial charge in [-0.05, 0) is 52.4 Å². The predicted molar refractivity (Wildman–Crippen MR) is 81.1 cm³/mol. The van der Waals surface area contributed by atoms with Gasteiger partial charge in [0.1, 0.15) is 11.6 Å². The third-order valence-corrected chi connectivity index (χ3v) is 4.12. The second kappa shape index (κ2) is 4.95. The van der Waals surface area contributed by atoms with Gasteiger partial charge in [-0.25, -0.2) is 8.78 Å². The van der Waals surface area contributed by atoms with E-state index in [1.807, 2.05) is 0 Å². The van der Waals surface area contributed by atoms with Gasteiger partial charge in [0.05, 0.1) is 21.7 Å². The highest BCUT2D eigenvalue weighted by Gasteiger charge is 2.13. The number of H-pyrrole nitrogens is 1. The molecular weight excluding hydrogens is 370 g/mol. The minimum Gasteiger partial charge on any atom is -0.330 e. The molecule has 0 spiro atoms. The number of fused-ring (bicyclic) bond motifs is 1. The van der Waals surface area contributed by atoms with E-state index in [0.29, 0.717) is 26.0 Å². The number of halogens is 4. The first-order valence-electron chi connectivity index (χ1n) is 5.52. The molecule has 2 aromatic carbocycles. The molecule has 0 radical (unpaired) electrons. The second-order valence-electron chi connectivity index (χ2n) is 4.14. The zero-order valence-electron chi connectivity index (χ0n) is 9.75. The van der Waals surface area contributed by atoms with Gasteiger partial charge in [0.25, 0.3) is 0 Å². The molecule has 1 N–H and O–H groups in total. The first-order chi connectivity index (χ1) is 9.47. The summed E-state index contributed by atoms with van der Waals surface area (Å²) in [5, 5.41) is -0.0206. The maximum atomic E-state index is 13.5. The molecule has 102 valence electrons.